The molecule has 0 aliphatic carbocycles. The Morgan fingerprint density at radius 2 is 1.71 bits per heavy atom. The minimum Gasteiger partial charge on any atom is -0.366 e. The maximum Gasteiger partial charge on any atom is 0.0964 e. The first kappa shape index (κ1) is 12.4. The van der Waals surface area contributed by atoms with Crippen LogP contribution in [-0.2, 0) is 0 Å². The van der Waals surface area contributed by atoms with Gasteiger partial charge in [-0.2, -0.15) is 0 Å². The Morgan fingerprint density at radius 1 is 1.00 bits per heavy atom. The largest absolute Gasteiger partial charge is 0.366 e. The number of para-hydroxylation sites is 1. The molecule has 2 rings (SSSR count). The molecule has 1 fully saturated rings. The third-order valence-electron chi connectivity index (χ3n) is 4.37. The Balaban J connectivity index is 2.06. The van der Waals surface area contributed by atoms with E-state index in [9.17, 15) is 0 Å². The lowest BCUT2D eigenvalue weighted by atomic mass is 10.3. The molecule has 0 amide bonds. The van der Waals surface area contributed by atoms with Crippen molar-refractivity contribution in [3.63, 3.8) is 0 Å². The second-order valence-corrected chi connectivity index (χ2v) is 5.10. The van der Waals surface area contributed by atoms with Gasteiger partial charge in [-0.1, -0.05) is 18.2 Å². The Kier molecular flexibility index (Phi) is 4.06. The topological polar surface area (TPSA) is 3.24 Å². The lowest BCUT2D eigenvalue weighted by Gasteiger charge is -2.35. The van der Waals surface area contributed by atoms with E-state index in [-0.39, 0.29) is 0 Å². The number of likely N-dealkylation sites (N-methyl/N-ethyl adjacent to an activating group) is 1. The Bertz CT molecular complexity index is 330. The Labute approximate surface area is 105 Å². The average molecular weight is 233 g/mol. The third-order valence-corrected chi connectivity index (χ3v) is 4.37. The predicted molar refractivity (Wildman–Crippen MR) is 74.3 cm³/mol. The van der Waals surface area contributed by atoms with Gasteiger partial charge in [0.05, 0.1) is 32.7 Å². The van der Waals surface area contributed by atoms with Crippen LogP contribution in [0, 0.1) is 0 Å². The molecule has 0 radical (unpaired) electrons. The second kappa shape index (κ2) is 5.54. The van der Waals surface area contributed by atoms with Gasteiger partial charge in [-0.05, 0) is 26.0 Å². The zero-order valence-electron chi connectivity index (χ0n) is 11.2. The Hall–Kier alpha value is -1.02. The summed E-state index contributed by atoms with van der Waals surface area (Å²) in [6.07, 6.45) is 1.32. The van der Waals surface area contributed by atoms with E-state index in [1.54, 1.807) is 0 Å². The second-order valence-electron chi connectivity index (χ2n) is 5.10. The normalized spacial score (nSPS) is 20.0. The molecule has 17 heavy (non-hydrogen) atoms. The number of benzene rings is 1. The van der Waals surface area contributed by atoms with E-state index < -0.39 is 0 Å². The van der Waals surface area contributed by atoms with Crippen LogP contribution < -0.4 is 4.90 Å². The van der Waals surface area contributed by atoms with Crippen molar-refractivity contribution >= 4 is 5.69 Å². The molecule has 1 aliphatic rings. The number of hydrogen-bond acceptors (Lipinski definition) is 1. The van der Waals surface area contributed by atoms with Crippen molar-refractivity contribution in [3.05, 3.63) is 30.3 Å². The molecular weight excluding hydrogens is 208 g/mol. The lowest BCUT2D eigenvalue weighted by Crippen LogP contribution is -2.50. The number of nitrogens with zero attached hydrogens (tertiary/aromatic N) is 2. The highest BCUT2D eigenvalue weighted by molar-refractivity contribution is 5.45. The van der Waals surface area contributed by atoms with Gasteiger partial charge in [0.15, 0.2) is 0 Å². The van der Waals surface area contributed by atoms with Crippen LogP contribution in [0.25, 0.3) is 0 Å². The summed E-state index contributed by atoms with van der Waals surface area (Å²) in [5.74, 6) is 0. The number of quaternary nitrogens is 1. The van der Waals surface area contributed by atoms with Crippen molar-refractivity contribution in [3.8, 4) is 0 Å². The molecule has 0 bridgehead atoms. The number of hydrogen-bond donors (Lipinski definition) is 0. The highest BCUT2D eigenvalue weighted by atomic mass is 15.4. The minimum atomic E-state index is 1.20. The van der Waals surface area contributed by atoms with Gasteiger partial charge in [0.2, 0.25) is 0 Å². The van der Waals surface area contributed by atoms with Crippen molar-refractivity contribution in [2.45, 2.75) is 20.3 Å². The highest BCUT2D eigenvalue weighted by Gasteiger charge is 2.27. The quantitative estimate of drug-likeness (QED) is 0.726. The zero-order valence-corrected chi connectivity index (χ0v) is 11.2. The summed E-state index contributed by atoms with van der Waals surface area (Å²) in [7, 11) is 0. The van der Waals surface area contributed by atoms with E-state index >= 15 is 0 Å². The summed E-state index contributed by atoms with van der Waals surface area (Å²) in [6, 6.07) is 10.8. The van der Waals surface area contributed by atoms with E-state index in [0.29, 0.717) is 0 Å². The van der Waals surface area contributed by atoms with E-state index in [1.807, 2.05) is 0 Å². The minimum absolute atomic E-state index is 1.20. The molecule has 1 aromatic carbocycles. The van der Waals surface area contributed by atoms with Crippen molar-refractivity contribution in [2.24, 2.45) is 0 Å². The molecule has 1 aliphatic heterocycles. The van der Waals surface area contributed by atoms with Crippen LogP contribution in [0.2, 0.25) is 0 Å². The van der Waals surface area contributed by atoms with Crippen molar-refractivity contribution < 1.29 is 4.48 Å². The molecule has 0 aromatic heterocycles. The monoisotopic (exact) mass is 233 g/mol. The molecular formula is C15H25N2+. The summed E-state index contributed by atoms with van der Waals surface area (Å²) >= 11 is 0. The molecule has 0 N–H and O–H groups in total. The zero-order chi connectivity index (χ0) is 12.1. The molecule has 0 unspecified atom stereocenters. The molecule has 0 spiro atoms. The van der Waals surface area contributed by atoms with E-state index in [4.69, 9.17) is 0 Å². The van der Waals surface area contributed by atoms with Crippen LogP contribution >= 0.6 is 0 Å². The summed E-state index contributed by atoms with van der Waals surface area (Å²) in [6.45, 7) is 12.3. The van der Waals surface area contributed by atoms with Gasteiger partial charge in [-0.25, -0.2) is 0 Å². The first-order valence-electron chi connectivity index (χ1n) is 6.95. The molecule has 94 valence electrons. The van der Waals surface area contributed by atoms with E-state index in [0.717, 1.165) is 0 Å². The number of anilines is 1. The van der Waals surface area contributed by atoms with Gasteiger partial charge in [0.25, 0.3) is 0 Å². The highest BCUT2D eigenvalue weighted by Crippen LogP contribution is 2.19. The molecule has 0 saturated carbocycles. The fourth-order valence-corrected chi connectivity index (χ4v) is 2.91. The summed E-state index contributed by atoms with van der Waals surface area (Å²) in [4.78, 5) is 2.55. The van der Waals surface area contributed by atoms with Crippen LogP contribution in [0.15, 0.2) is 30.3 Å². The van der Waals surface area contributed by atoms with Gasteiger partial charge in [0, 0.05) is 18.7 Å². The van der Waals surface area contributed by atoms with Crippen molar-refractivity contribution in [1.82, 2.24) is 0 Å². The van der Waals surface area contributed by atoms with Gasteiger partial charge >= 0.3 is 0 Å². The average Bonchev–Trinajstić information content (AvgIpc) is 2.63. The molecule has 1 heterocycles. The standard InChI is InChI=1S/C15H25N2/c1-3-17(4-2)13-8-11-16(12-14-17)15-9-6-5-7-10-15/h5-7,9-10H,3-4,8,11-14H2,1-2H3/q+1. The summed E-state index contributed by atoms with van der Waals surface area (Å²) in [5.41, 5.74) is 1.39. The van der Waals surface area contributed by atoms with Crippen LogP contribution in [0.1, 0.15) is 20.3 Å². The number of rotatable bonds is 3. The van der Waals surface area contributed by atoms with Crippen LogP contribution in [0.5, 0.6) is 0 Å². The van der Waals surface area contributed by atoms with Gasteiger partial charge in [-0.3, -0.25) is 0 Å². The van der Waals surface area contributed by atoms with Crippen molar-refractivity contribution in [2.75, 3.05) is 44.2 Å². The smallest absolute Gasteiger partial charge is 0.0964 e. The summed E-state index contributed by atoms with van der Waals surface area (Å²) < 4.78 is 1.29. The SMILES string of the molecule is CC[N+]1(CC)CCCN(c2ccccc2)CC1. The van der Waals surface area contributed by atoms with Gasteiger partial charge < -0.3 is 9.38 Å². The first-order chi connectivity index (χ1) is 8.29. The maximum absolute atomic E-state index is 2.55. The molecule has 0 atom stereocenters. The molecule has 2 heteroatoms. The summed E-state index contributed by atoms with van der Waals surface area (Å²) in [5, 5.41) is 0. The molecule has 2 nitrogen and oxygen atoms in total. The Morgan fingerprint density at radius 3 is 2.35 bits per heavy atom. The first-order valence-corrected chi connectivity index (χ1v) is 6.95. The van der Waals surface area contributed by atoms with Crippen LogP contribution in [-0.4, -0.2) is 43.8 Å². The van der Waals surface area contributed by atoms with Gasteiger partial charge in [-0.15, -0.1) is 0 Å². The van der Waals surface area contributed by atoms with E-state index in [2.05, 4.69) is 49.1 Å². The van der Waals surface area contributed by atoms with Crippen molar-refractivity contribution in [1.29, 1.82) is 0 Å². The van der Waals surface area contributed by atoms with Crippen LogP contribution in [0.3, 0.4) is 0 Å². The van der Waals surface area contributed by atoms with E-state index in [1.165, 1.54) is 55.9 Å². The van der Waals surface area contributed by atoms with Crippen LogP contribution in [0.4, 0.5) is 5.69 Å². The molecule has 1 aromatic rings. The maximum atomic E-state index is 2.55. The fourth-order valence-electron chi connectivity index (χ4n) is 2.91. The third kappa shape index (κ3) is 2.81. The fraction of sp³-hybridized carbons (Fsp3) is 0.600. The lowest BCUT2D eigenvalue weighted by molar-refractivity contribution is -0.922. The molecule has 1 saturated heterocycles. The van der Waals surface area contributed by atoms with Gasteiger partial charge in [0.1, 0.15) is 0 Å². The predicted octanol–water partition coefficient (Wildman–Crippen LogP) is 2.75.